The van der Waals surface area contributed by atoms with E-state index in [1.165, 1.54) is 0 Å². The topological polar surface area (TPSA) is 61.9 Å². The zero-order chi connectivity index (χ0) is 14.4. The van der Waals surface area contributed by atoms with Gasteiger partial charge >= 0.3 is 0 Å². The molecule has 6 heteroatoms. The highest BCUT2D eigenvalue weighted by Gasteiger charge is 2.29. The molecule has 0 saturated heterocycles. The molecule has 5 nitrogen and oxygen atoms in total. The average molecular weight is 302 g/mol. The fourth-order valence-corrected chi connectivity index (χ4v) is 3.66. The first-order valence-electron chi connectivity index (χ1n) is 7.44. The van der Waals surface area contributed by atoms with E-state index >= 15 is 0 Å². The summed E-state index contributed by atoms with van der Waals surface area (Å²) in [5.41, 5.74) is 2.98. The number of aromatic amines is 1. The van der Waals surface area contributed by atoms with Gasteiger partial charge < -0.3 is 4.98 Å². The monoisotopic (exact) mass is 302 g/mol. The largest absolute Gasteiger partial charge is 0.310 e. The Morgan fingerprint density at radius 3 is 3.00 bits per heavy atom. The summed E-state index contributed by atoms with van der Waals surface area (Å²) >= 11 is 1.69. The molecule has 110 valence electrons. The maximum atomic E-state index is 12.3. The summed E-state index contributed by atoms with van der Waals surface area (Å²) in [6.45, 7) is 4.47. The third-order valence-electron chi connectivity index (χ3n) is 4.16. The third kappa shape index (κ3) is 2.65. The number of hydrogen-bond donors (Lipinski definition) is 1. The molecular weight excluding hydrogens is 284 g/mol. The highest BCUT2D eigenvalue weighted by molar-refractivity contribution is 7.09. The minimum Gasteiger partial charge on any atom is -0.310 e. The van der Waals surface area contributed by atoms with Crippen molar-refractivity contribution in [2.45, 2.75) is 45.2 Å². The molecule has 4 rings (SSSR count). The van der Waals surface area contributed by atoms with E-state index in [4.69, 9.17) is 0 Å². The molecule has 2 aliphatic rings. The maximum absolute atomic E-state index is 12.3. The van der Waals surface area contributed by atoms with E-state index in [0.29, 0.717) is 12.5 Å². The first kappa shape index (κ1) is 13.2. The molecule has 0 radical (unpaired) electrons. The fraction of sp³-hybridized carbons (Fsp3) is 0.533. The molecule has 2 aromatic rings. The highest BCUT2D eigenvalue weighted by Crippen LogP contribution is 2.37. The van der Waals surface area contributed by atoms with Crippen LogP contribution in [0, 0.1) is 6.92 Å². The van der Waals surface area contributed by atoms with Gasteiger partial charge in [0.25, 0.3) is 5.56 Å². The molecule has 1 aliphatic heterocycles. The van der Waals surface area contributed by atoms with E-state index in [2.05, 4.69) is 25.2 Å². The summed E-state index contributed by atoms with van der Waals surface area (Å²) in [5.74, 6) is 1.40. The number of nitrogens with zero attached hydrogens (tertiary/aromatic N) is 3. The van der Waals surface area contributed by atoms with Gasteiger partial charge in [0, 0.05) is 36.5 Å². The van der Waals surface area contributed by atoms with E-state index in [0.717, 1.165) is 60.1 Å². The first-order valence-corrected chi connectivity index (χ1v) is 8.32. The summed E-state index contributed by atoms with van der Waals surface area (Å²) in [6.07, 6.45) is 3.19. The molecule has 0 spiro atoms. The highest BCUT2D eigenvalue weighted by atomic mass is 32.1. The minimum absolute atomic E-state index is 0.0573. The van der Waals surface area contributed by atoms with Crippen molar-refractivity contribution in [1.29, 1.82) is 0 Å². The van der Waals surface area contributed by atoms with Crippen LogP contribution in [0.1, 0.15) is 46.5 Å². The number of aryl methyl sites for hydroxylation is 1. The van der Waals surface area contributed by atoms with Crippen LogP contribution in [-0.2, 0) is 19.5 Å². The second kappa shape index (κ2) is 5.03. The lowest BCUT2D eigenvalue weighted by molar-refractivity contribution is 0.241. The zero-order valence-electron chi connectivity index (χ0n) is 12.1. The van der Waals surface area contributed by atoms with E-state index in [-0.39, 0.29) is 5.56 Å². The van der Waals surface area contributed by atoms with Crippen LogP contribution in [0.15, 0.2) is 10.2 Å². The SMILES string of the molecule is Cc1csc(CN2CCc3nc(C4CC4)[nH]c(=O)c3C2)n1. The van der Waals surface area contributed by atoms with Gasteiger partial charge in [-0.1, -0.05) is 0 Å². The fourth-order valence-electron chi connectivity index (χ4n) is 2.85. The van der Waals surface area contributed by atoms with Crippen molar-refractivity contribution in [2.75, 3.05) is 6.54 Å². The predicted octanol–water partition coefficient (Wildman–Crippen LogP) is 1.97. The van der Waals surface area contributed by atoms with Gasteiger partial charge in [-0.25, -0.2) is 9.97 Å². The number of fused-ring (bicyclic) bond motifs is 1. The normalized spacial score (nSPS) is 18.7. The molecule has 2 aromatic heterocycles. The van der Waals surface area contributed by atoms with Gasteiger partial charge in [-0.3, -0.25) is 9.69 Å². The van der Waals surface area contributed by atoms with Crippen LogP contribution < -0.4 is 5.56 Å². The molecule has 3 heterocycles. The molecule has 0 aromatic carbocycles. The van der Waals surface area contributed by atoms with Crippen molar-refractivity contribution in [3.05, 3.63) is 43.5 Å². The molecule has 1 saturated carbocycles. The van der Waals surface area contributed by atoms with Gasteiger partial charge in [0.1, 0.15) is 10.8 Å². The van der Waals surface area contributed by atoms with Crippen LogP contribution in [-0.4, -0.2) is 26.4 Å². The summed E-state index contributed by atoms with van der Waals surface area (Å²) in [4.78, 5) is 26.7. The number of aromatic nitrogens is 3. The molecule has 0 bridgehead atoms. The van der Waals surface area contributed by atoms with Crippen molar-refractivity contribution < 1.29 is 0 Å². The van der Waals surface area contributed by atoms with Gasteiger partial charge in [-0.15, -0.1) is 11.3 Å². The van der Waals surface area contributed by atoms with Crippen LogP contribution in [0.4, 0.5) is 0 Å². The Morgan fingerprint density at radius 1 is 1.43 bits per heavy atom. The van der Waals surface area contributed by atoms with E-state index in [1.54, 1.807) is 11.3 Å². The number of rotatable bonds is 3. The van der Waals surface area contributed by atoms with Crippen molar-refractivity contribution in [3.8, 4) is 0 Å². The van der Waals surface area contributed by atoms with E-state index < -0.39 is 0 Å². The molecule has 21 heavy (non-hydrogen) atoms. The maximum Gasteiger partial charge on any atom is 0.255 e. The summed E-state index contributed by atoms with van der Waals surface area (Å²) in [5, 5.41) is 3.19. The van der Waals surface area contributed by atoms with Gasteiger partial charge in [0.2, 0.25) is 0 Å². The quantitative estimate of drug-likeness (QED) is 0.941. The molecule has 1 N–H and O–H groups in total. The summed E-state index contributed by atoms with van der Waals surface area (Å²) in [7, 11) is 0. The second-order valence-electron chi connectivity index (χ2n) is 5.99. The summed E-state index contributed by atoms with van der Waals surface area (Å²) < 4.78 is 0. The molecule has 0 atom stereocenters. The number of thiazole rings is 1. The lowest BCUT2D eigenvalue weighted by Gasteiger charge is -2.26. The van der Waals surface area contributed by atoms with E-state index in [1.807, 2.05) is 6.92 Å². The van der Waals surface area contributed by atoms with Gasteiger partial charge in [-0.05, 0) is 19.8 Å². The van der Waals surface area contributed by atoms with Gasteiger partial charge in [0.15, 0.2) is 0 Å². The Morgan fingerprint density at radius 2 is 2.29 bits per heavy atom. The number of nitrogens with one attached hydrogen (secondary N) is 1. The van der Waals surface area contributed by atoms with Crippen LogP contribution in [0.3, 0.4) is 0 Å². The van der Waals surface area contributed by atoms with Crippen LogP contribution in [0.2, 0.25) is 0 Å². The molecule has 0 unspecified atom stereocenters. The Balaban J connectivity index is 1.55. The molecule has 0 amide bonds. The minimum atomic E-state index is 0.0573. The average Bonchev–Trinajstić information content (AvgIpc) is 3.24. The van der Waals surface area contributed by atoms with Crippen molar-refractivity contribution >= 4 is 11.3 Å². The Kier molecular flexibility index (Phi) is 3.15. The van der Waals surface area contributed by atoms with E-state index in [9.17, 15) is 4.79 Å². The lowest BCUT2D eigenvalue weighted by atomic mass is 10.1. The first-order chi connectivity index (χ1) is 10.2. The second-order valence-corrected chi connectivity index (χ2v) is 6.94. The Hall–Kier alpha value is -1.53. The third-order valence-corrected chi connectivity index (χ3v) is 5.11. The number of H-pyrrole nitrogens is 1. The van der Waals surface area contributed by atoms with Crippen LogP contribution in [0.25, 0.3) is 0 Å². The zero-order valence-corrected chi connectivity index (χ0v) is 12.9. The van der Waals surface area contributed by atoms with Crippen molar-refractivity contribution in [2.24, 2.45) is 0 Å². The summed E-state index contributed by atoms with van der Waals surface area (Å²) in [6, 6.07) is 0. The lowest BCUT2D eigenvalue weighted by Crippen LogP contribution is -2.35. The Labute approximate surface area is 127 Å². The molecule has 1 fully saturated rings. The van der Waals surface area contributed by atoms with Crippen LogP contribution >= 0.6 is 11.3 Å². The van der Waals surface area contributed by atoms with Crippen molar-refractivity contribution in [1.82, 2.24) is 19.9 Å². The van der Waals surface area contributed by atoms with Gasteiger partial charge in [-0.2, -0.15) is 0 Å². The molecule has 1 aliphatic carbocycles. The van der Waals surface area contributed by atoms with Crippen molar-refractivity contribution in [3.63, 3.8) is 0 Å². The van der Waals surface area contributed by atoms with Crippen LogP contribution in [0.5, 0.6) is 0 Å². The molecular formula is C15H18N4OS. The Bertz CT molecular complexity index is 732. The number of hydrogen-bond acceptors (Lipinski definition) is 5. The predicted molar refractivity (Wildman–Crippen MR) is 81.5 cm³/mol. The van der Waals surface area contributed by atoms with Gasteiger partial charge in [0.05, 0.1) is 17.8 Å². The standard InChI is InChI=1S/C15H18N4OS/c1-9-8-21-13(16-9)7-19-5-4-12-11(6-19)15(20)18-14(17-12)10-2-3-10/h8,10H,2-7H2,1H3,(H,17,18,20). The smallest absolute Gasteiger partial charge is 0.255 e.